The number of aryl methyl sites for hydroxylation is 2. The summed E-state index contributed by atoms with van der Waals surface area (Å²) in [5.74, 6) is 2.30. The van der Waals surface area contributed by atoms with E-state index in [1.165, 1.54) is 0 Å². The summed E-state index contributed by atoms with van der Waals surface area (Å²) in [4.78, 5) is 22.7. The van der Waals surface area contributed by atoms with E-state index in [0.29, 0.717) is 12.8 Å². The fourth-order valence-corrected chi connectivity index (χ4v) is 3.50. The number of piperidine rings is 1. The van der Waals surface area contributed by atoms with Gasteiger partial charge >= 0.3 is 0 Å². The maximum Gasteiger partial charge on any atom is 0.223 e. The normalized spacial score (nSPS) is 18.0. The van der Waals surface area contributed by atoms with Crippen molar-refractivity contribution >= 4 is 16.9 Å². The summed E-state index contributed by atoms with van der Waals surface area (Å²) in [5, 5.41) is 7.91. The van der Waals surface area contributed by atoms with E-state index in [2.05, 4.69) is 15.2 Å². The molecule has 1 saturated heterocycles. The Labute approximate surface area is 146 Å². The minimum absolute atomic E-state index is 0.184. The summed E-state index contributed by atoms with van der Waals surface area (Å²) in [6, 6.07) is 8.06. The van der Waals surface area contributed by atoms with E-state index in [-0.39, 0.29) is 11.8 Å². The van der Waals surface area contributed by atoms with E-state index in [9.17, 15) is 4.79 Å². The highest BCUT2D eigenvalue weighted by Crippen LogP contribution is 2.27. The van der Waals surface area contributed by atoms with Crippen molar-refractivity contribution in [1.82, 2.24) is 29.6 Å². The molecule has 1 aromatic carbocycles. The lowest BCUT2D eigenvalue weighted by Crippen LogP contribution is -2.39. The van der Waals surface area contributed by atoms with Gasteiger partial charge in [0.05, 0.1) is 11.0 Å². The number of rotatable bonds is 4. The van der Waals surface area contributed by atoms with Gasteiger partial charge < -0.3 is 14.5 Å². The number of H-pyrrole nitrogens is 1. The van der Waals surface area contributed by atoms with Crippen molar-refractivity contribution < 1.29 is 4.79 Å². The molecule has 3 heterocycles. The molecular formula is C18H22N6O. The number of aromatic nitrogens is 5. The first-order chi connectivity index (χ1) is 12.2. The second-order valence-electron chi connectivity index (χ2n) is 6.68. The Morgan fingerprint density at radius 1 is 1.36 bits per heavy atom. The number of aromatic amines is 1. The summed E-state index contributed by atoms with van der Waals surface area (Å²) in [6.45, 7) is 1.56. The number of nitrogens with zero attached hydrogens (tertiary/aromatic N) is 5. The fourth-order valence-electron chi connectivity index (χ4n) is 3.50. The predicted octanol–water partition coefficient (Wildman–Crippen LogP) is 2.03. The Bertz CT molecular complexity index is 849. The molecule has 130 valence electrons. The highest BCUT2D eigenvalue weighted by molar-refractivity contribution is 5.77. The van der Waals surface area contributed by atoms with Gasteiger partial charge in [-0.3, -0.25) is 4.79 Å². The van der Waals surface area contributed by atoms with Crippen LogP contribution in [0.15, 0.2) is 30.6 Å². The van der Waals surface area contributed by atoms with Crippen molar-refractivity contribution in [2.24, 2.45) is 7.05 Å². The summed E-state index contributed by atoms with van der Waals surface area (Å²) in [6.07, 6.45) is 4.84. The van der Waals surface area contributed by atoms with Gasteiger partial charge in [-0.25, -0.2) is 4.98 Å². The van der Waals surface area contributed by atoms with Crippen LogP contribution >= 0.6 is 0 Å². The van der Waals surface area contributed by atoms with E-state index in [1.54, 1.807) is 6.33 Å². The minimum atomic E-state index is 0.184. The first kappa shape index (κ1) is 15.8. The molecule has 0 bridgehead atoms. The summed E-state index contributed by atoms with van der Waals surface area (Å²) >= 11 is 0. The highest BCUT2D eigenvalue weighted by atomic mass is 16.2. The third kappa shape index (κ3) is 3.26. The largest absolute Gasteiger partial charge is 0.342 e. The Hall–Kier alpha value is -2.70. The van der Waals surface area contributed by atoms with Crippen molar-refractivity contribution in [2.45, 2.75) is 31.6 Å². The monoisotopic (exact) mass is 338 g/mol. The topological polar surface area (TPSA) is 79.7 Å². The lowest BCUT2D eigenvalue weighted by molar-refractivity contribution is -0.132. The lowest BCUT2D eigenvalue weighted by Gasteiger charge is -2.32. The number of carbonyl (C=O) groups is 1. The van der Waals surface area contributed by atoms with Gasteiger partial charge in [0.25, 0.3) is 0 Å². The lowest BCUT2D eigenvalue weighted by atomic mass is 9.97. The zero-order valence-corrected chi connectivity index (χ0v) is 14.4. The van der Waals surface area contributed by atoms with Crippen LogP contribution in [0.5, 0.6) is 0 Å². The predicted molar refractivity (Wildman–Crippen MR) is 94.0 cm³/mol. The maximum absolute atomic E-state index is 12.6. The fraction of sp³-hybridized carbons (Fsp3) is 0.444. The van der Waals surface area contributed by atoms with Gasteiger partial charge in [-0.15, -0.1) is 10.2 Å². The molecule has 1 aliphatic rings. The molecule has 1 atom stereocenters. The van der Waals surface area contributed by atoms with Crippen LogP contribution in [0.3, 0.4) is 0 Å². The smallest absolute Gasteiger partial charge is 0.223 e. The van der Waals surface area contributed by atoms with Crippen LogP contribution in [0.25, 0.3) is 11.0 Å². The number of amides is 1. The van der Waals surface area contributed by atoms with E-state index in [0.717, 1.165) is 48.6 Å². The van der Waals surface area contributed by atoms with Crippen LogP contribution in [0, 0.1) is 0 Å². The number of hydrogen-bond donors (Lipinski definition) is 1. The van der Waals surface area contributed by atoms with Crippen molar-refractivity contribution in [3.05, 3.63) is 42.2 Å². The molecule has 2 aromatic heterocycles. The number of benzene rings is 1. The first-order valence-corrected chi connectivity index (χ1v) is 8.76. The SMILES string of the molecule is Cn1cnnc1CCC(=O)N1CCCC(c2nc3ccccc3[nH]2)C1. The zero-order valence-electron chi connectivity index (χ0n) is 14.4. The Morgan fingerprint density at radius 3 is 3.04 bits per heavy atom. The number of fused-ring (bicyclic) bond motifs is 1. The molecule has 3 aromatic rings. The van der Waals surface area contributed by atoms with Gasteiger partial charge in [0.1, 0.15) is 18.0 Å². The number of imidazole rings is 1. The van der Waals surface area contributed by atoms with Crippen molar-refractivity contribution in [2.75, 3.05) is 13.1 Å². The van der Waals surface area contributed by atoms with E-state index in [1.807, 2.05) is 40.8 Å². The molecule has 1 N–H and O–H groups in total. The molecule has 0 radical (unpaired) electrons. The average molecular weight is 338 g/mol. The molecule has 0 spiro atoms. The Kier molecular flexibility index (Phi) is 4.21. The van der Waals surface area contributed by atoms with Gasteiger partial charge in [-0.05, 0) is 25.0 Å². The molecule has 0 saturated carbocycles. The summed E-state index contributed by atoms with van der Waals surface area (Å²) in [5.41, 5.74) is 2.05. The number of nitrogens with one attached hydrogen (secondary N) is 1. The van der Waals surface area contributed by atoms with Gasteiger partial charge in [-0.2, -0.15) is 0 Å². The number of hydrogen-bond acceptors (Lipinski definition) is 4. The molecule has 7 heteroatoms. The summed E-state index contributed by atoms with van der Waals surface area (Å²) in [7, 11) is 1.90. The van der Waals surface area contributed by atoms with Crippen LogP contribution in [0.1, 0.15) is 36.8 Å². The maximum atomic E-state index is 12.6. The second-order valence-corrected chi connectivity index (χ2v) is 6.68. The number of carbonyl (C=O) groups excluding carboxylic acids is 1. The molecule has 1 unspecified atom stereocenters. The minimum Gasteiger partial charge on any atom is -0.342 e. The quantitative estimate of drug-likeness (QED) is 0.789. The van der Waals surface area contributed by atoms with Crippen molar-refractivity contribution in [1.29, 1.82) is 0 Å². The van der Waals surface area contributed by atoms with Gasteiger partial charge in [0, 0.05) is 38.9 Å². The van der Waals surface area contributed by atoms with Crippen LogP contribution in [-0.4, -0.2) is 48.6 Å². The van der Waals surface area contributed by atoms with Crippen LogP contribution in [-0.2, 0) is 18.3 Å². The van der Waals surface area contributed by atoms with Crippen LogP contribution in [0.2, 0.25) is 0 Å². The van der Waals surface area contributed by atoms with E-state index < -0.39 is 0 Å². The molecule has 0 aliphatic carbocycles. The Balaban J connectivity index is 1.41. The standard InChI is InChI=1S/C18H22N6O/c1-23-12-19-22-16(23)8-9-17(25)24-10-4-5-13(11-24)18-20-14-6-2-3-7-15(14)21-18/h2-3,6-7,12-13H,4-5,8-11H2,1H3,(H,20,21). The molecule has 4 rings (SSSR count). The molecule has 1 amide bonds. The molecule has 25 heavy (non-hydrogen) atoms. The highest BCUT2D eigenvalue weighted by Gasteiger charge is 2.26. The molecule has 1 fully saturated rings. The van der Waals surface area contributed by atoms with E-state index in [4.69, 9.17) is 4.98 Å². The van der Waals surface area contributed by atoms with Crippen molar-refractivity contribution in [3.8, 4) is 0 Å². The first-order valence-electron chi connectivity index (χ1n) is 8.76. The number of likely N-dealkylation sites (tertiary alicyclic amines) is 1. The molecular weight excluding hydrogens is 316 g/mol. The van der Waals surface area contributed by atoms with Crippen LogP contribution in [0.4, 0.5) is 0 Å². The van der Waals surface area contributed by atoms with Crippen LogP contribution < -0.4 is 0 Å². The van der Waals surface area contributed by atoms with Gasteiger partial charge in [0.15, 0.2) is 0 Å². The van der Waals surface area contributed by atoms with Crippen molar-refractivity contribution in [3.63, 3.8) is 0 Å². The van der Waals surface area contributed by atoms with Gasteiger partial charge in [0.2, 0.25) is 5.91 Å². The zero-order chi connectivity index (χ0) is 17.2. The average Bonchev–Trinajstić information content (AvgIpc) is 3.25. The third-order valence-electron chi connectivity index (χ3n) is 4.94. The second kappa shape index (κ2) is 6.66. The van der Waals surface area contributed by atoms with Gasteiger partial charge in [-0.1, -0.05) is 12.1 Å². The Morgan fingerprint density at radius 2 is 2.24 bits per heavy atom. The third-order valence-corrected chi connectivity index (χ3v) is 4.94. The summed E-state index contributed by atoms with van der Waals surface area (Å²) < 4.78 is 1.86. The number of para-hydroxylation sites is 2. The molecule has 1 aliphatic heterocycles. The molecule has 7 nitrogen and oxygen atoms in total. The van der Waals surface area contributed by atoms with E-state index >= 15 is 0 Å².